The zero-order chi connectivity index (χ0) is 12.1. The Kier molecular flexibility index (Phi) is 3.22. The Morgan fingerprint density at radius 2 is 2.06 bits per heavy atom. The molecule has 0 saturated heterocycles. The topological polar surface area (TPSA) is 63.2 Å². The van der Waals surface area contributed by atoms with Crippen molar-refractivity contribution in [3.05, 3.63) is 59.5 Å². The molecule has 84 valence electrons. The summed E-state index contributed by atoms with van der Waals surface area (Å²) in [6, 6.07) is 10.00. The van der Waals surface area contributed by atoms with Crippen LogP contribution < -0.4 is 0 Å². The Balaban J connectivity index is 1.97. The van der Waals surface area contributed by atoms with Crippen LogP contribution in [0, 0.1) is 11.3 Å². The lowest BCUT2D eigenvalue weighted by atomic mass is 10.1. The highest BCUT2D eigenvalue weighted by Gasteiger charge is 2.07. The lowest BCUT2D eigenvalue weighted by molar-refractivity contribution is 0.0472. The summed E-state index contributed by atoms with van der Waals surface area (Å²) in [4.78, 5) is 11.6. The van der Waals surface area contributed by atoms with Crippen LogP contribution in [0.3, 0.4) is 0 Å². The molecule has 0 amide bonds. The van der Waals surface area contributed by atoms with Gasteiger partial charge in [-0.25, -0.2) is 4.79 Å². The largest absolute Gasteiger partial charge is 0.472 e. The molecule has 1 aromatic carbocycles. The van der Waals surface area contributed by atoms with E-state index < -0.39 is 5.97 Å². The number of nitriles is 1. The average Bonchev–Trinajstić information content (AvgIpc) is 2.89. The lowest BCUT2D eigenvalue weighted by Crippen LogP contribution is -2.04. The Bertz CT molecular complexity index is 535. The van der Waals surface area contributed by atoms with Crippen LogP contribution >= 0.6 is 0 Å². The standard InChI is InChI=1S/C13H9NO3/c14-7-10-1-3-12(4-2-10)13(15)17-9-11-5-6-16-8-11/h1-6,8H,9H2. The van der Waals surface area contributed by atoms with E-state index in [1.54, 1.807) is 30.3 Å². The zero-order valence-electron chi connectivity index (χ0n) is 8.92. The van der Waals surface area contributed by atoms with Gasteiger partial charge < -0.3 is 9.15 Å². The van der Waals surface area contributed by atoms with Crippen LogP contribution in [0.2, 0.25) is 0 Å². The summed E-state index contributed by atoms with van der Waals surface area (Å²) in [6.07, 6.45) is 3.04. The van der Waals surface area contributed by atoms with Crippen molar-refractivity contribution in [3.63, 3.8) is 0 Å². The van der Waals surface area contributed by atoms with E-state index in [1.165, 1.54) is 12.5 Å². The first-order chi connectivity index (χ1) is 8.29. The van der Waals surface area contributed by atoms with Crippen LogP contribution in [-0.2, 0) is 11.3 Å². The summed E-state index contributed by atoms with van der Waals surface area (Å²) in [5, 5.41) is 8.62. The highest BCUT2D eigenvalue weighted by atomic mass is 16.5. The molecule has 4 nitrogen and oxygen atoms in total. The Hall–Kier alpha value is -2.54. The number of carbonyl (C=O) groups excluding carboxylic acids is 1. The van der Waals surface area contributed by atoms with E-state index in [1.807, 2.05) is 6.07 Å². The van der Waals surface area contributed by atoms with Gasteiger partial charge in [0.25, 0.3) is 0 Å². The van der Waals surface area contributed by atoms with Crippen molar-refractivity contribution in [1.29, 1.82) is 5.26 Å². The number of ether oxygens (including phenoxy) is 1. The van der Waals surface area contributed by atoms with Gasteiger partial charge in [0.2, 0.25) is 0 Å². The van der Waals surface area contributed by atoms with Crippen LogP contribution in [0.4, 0.5) is 0 Å². The molecular formula is C13H9NO3. The van der Waals surface area contributed by atoms with Gasteiger partial charge in [-0.3, -0.25) is 0 Å². The SMILES string of the molecule is N#Cc1ccc(C(=O)OCc2ccoc2)cc1. The number of hydrogen-bond acceptors (Lipinski definition) is 4. The summed E-state index contributed by atoms with van der Waals surface area (Å²) in [6.45, 7) is 0.176. The number of nitrogens with zero attached hydrogens (tertiary/aromatic N) is 1. The van der Waals surface area contributed by atoms with E-state index in [0.717, 1.165) is 5.56 Å². The molecule has 0 aliphatic heterocycles. The number of rotatable bonds is 3. The van der Waals surface area contributed by atoms with Gasteiger partial charge in [0, 0.05) is 5.56 Å². The highest BCUT2D eigenvalue weighted by Crippen LogP contribution is 2.08. The van der Waals surface area contributed by atoms with Gasteiger partial charge in [-0.1, -0.05) is 0 Å². The molecule has 1 aromatic heterocycles. The highest BCUT2D eigenvalue weighted by molar-refractivity contribution is 5.89. The van der Waals surface area contributed by atoms with Gasteiger partial charge in [-0.15, -0.1) is 0 Å². The summed E-state index contributed by atoms with van der Waals surface area (Å²) >= 11 is 0. The summed E-state index contributed by atoms with van der Waals surface area (Å²) in [7, 11) is 0. The molecular weight excluding hydrogens is 218 g/mol. The Labute approximate surface area is 98.0 Å². The quantitative estimate of drug-likeness (QED) is 0.756. The molecule has 0 radical (unpaired) electrons. The lowest BCUT2D eigenvalue weighted by Gasteiger charge is -2.02. The molecule has 0 bridgehead atoms. The second kappa shape index (κ2) is 4.99. The van der Waals surface area contributed by atoms with Crippen molar-refractivity contribution in [2.24, 2.45) is 0 Å². The van der Waals surface area contributed by atoms with E-state index in [0.29, 0.717) is 11.1 Å². The molecule has 17 heavy (non-hydrogen) atoms. The predicted octanol–water partition coefficient (Wildman–Crippen LogP) is 2.51. The van der Waals surface area contributed by atoms with E-state index in [9.17, 15) is 4.79 Å². The second-order valence-corrected chi connectivity index (χ2v) is 3.40. The van der Waals surface area contributed by atoms with Gasteiger partial charge in [0.05, 0.1) is 29.7 Å². The van der Waals surface area contributed by atoms with E-state index in [-0.39, 0.29) is 6.61 Å². The van der Waals surface area contributed by atoms with Crippen LogP contribution in [0.5, 0.6) is 0 Å². The van der Waals surface area contributed by atoms with Gasteiger partial charge in [-0.2, -0.15) is 5.26 Å². The first kappa shape index (κ1) is 11.0. The fourth-order valence-electron chi connectivity index (χ4n) is 1.29. The third kappa shape index (κ3) is 2.73. The average molecular weight is 227 g/mol. The molecule has 0 atom stereocenters. The van der Waals surface area contributed by atoms with Gasteiger partial charge in [0.15, 0.2) is 0 Å². The number of carbonyl (C=O) groups is 1. The van der Waals surface area contributed by atoms with Crippen LogP contribution in [0.25, 0.3) is 0 Å². The van der Waals surface area contributed by atoms with Crippen molar-refractivity contribution in [1.82, 2.24) is 0 Å². The van der Waals surface area contributed by atoms with E-state index in [4.69, 9.17) is 14.4 Å². The second-order valence-electron chi connectivity index (χ2n) is 3.40. The fourth-order valence-corrected chi connectivity index (χ4v) is 1.29. The number of hydrogen-bond donors (Lipinski definition) is 0. The molecule has 0 spiro atoms. The zero-order valence-corrected chi connectivity index (χ0v) is 8.92. The minimum absolute atomic E-state index is 0.176. The van der Waals surface area contributed by atoms with Crippen molar-refractivity contribution >= 4 is 5.97 Å². The molecule has 0 unspecified atom stereocenters. The van der Waals surface area contributed by atoms with Gasteiger partial charge in [0.1, 0.15) is 6.61 Å². The molecule has 2 aromatic rings. The van der Waals surface area contributed by atoms with Gasteiger partial charge in [-0.05, 0) is 30.3 Å². The minimum Gasteiger partial charge on any atom is -0.472 e. The molecule has 0 aliphatic rings. The monoisotopic (exact) mass is 227 g/mol. The predicted molar refractivity (Wildman–Crippen MR) is 59.0 cm³/mol. The third-order valence-electron chi connectivity index (χ3n) is 2.20. The maximum atomic E-state index is 11.6. The van der Waals surface area contributed by atoms with Crippen LogP contribution in [-0.4, -0.2) is 5.97 Å². The molecule has 0 N–H and O–H groups in total. The van der Waals surface area contributed by atoms with Gasteiger partial charge >= 0.3 is 5.97 Å². The molecule has 0 saturated carbocycles. The van der Waals surface area contributed by atoms with Crippen LogP contribution in [0.15, 0.2) is 47.3 Å². The van der Waals surface area contributed by atoms with Crippen molar-refractivity contribution in [2.75, 3.05) is 0 Å². The van der Waals surface area contributed by atoms with E-state index in [2.05, 4.69) is 0 Å². The normalized spacial score (nSPS) is 9.59. The number of benzene rings is 1. The van der Waals surface area contributed by atoms with Crippen molar-refractivity contribution < 1.29 is 13.9 Å². The molecule has 2 rings (SSSR count). The Morgan fingerprint density at radius 3 is 2.65 bits per heavy atom. The van der Waals surface area contributed by atoms with Crippen LogP contribution in [0.1, 0.15) is 21.5 Å². The van der Waals surface area contributed by atoms with Crippen molar-refractivity contribution in [3.8, 4) is 6.07 Å². The maximum Gasteiger partial charge on any atom is 0.338 e. The summed E-state index contributed by atoms with van der Waals surface area (Å²) in [5.74, 6) is -0.421. The minimum atomic E-state index is -0.421. The molecule has 0 fully saturated rings. The molecule has 4 heteroatoms. The first-order valence-corrected chi connectivity index (χ1v) is 4.98. The first-order valence-electron chi connectivity index (χ1n) is 4.98. The summed E-state index contributed by atoms with van der Waals surface area (Å²) < 4.78 is 9.92. The molecule has 0 aliphatic carbocycles. The van der Waals surface area contributed by atoms with E-state index >= 15 is 0 Å². The smallest absolute Gasteiger partial charge is 0.338 e. The third-order valence-corrected chi connectivity index (χ3v) is 2.20. The number of esters is 1. The summed E-state index contributed by atoms with van der Waals surface area (Å²) in [5.41, 5.74) is 1.73. The maximum absolute atomic E-state index is 11.6. The number of furan rings is 1. The fraction of sp³-hybridized carbons (Fsp3) is 0.0769. The molecule has 1 heterocycles. The Morgan fingerprint density at radius 1 is 1.29 bits per heavy atom. The van der Waals surface area contributed by atoms with Crippen molar-refractivity contribution in [2.45, 2.75) is 6.61 Å².